The monoisotopic (exact) mass is 311 g/mol. The molecule has 6 nitrogen and oxygen atoms in total. The van der Waals surface area contributed by atoms with Crippen LogP contribution in [0.5, 0.6) is 0 Å². The maximum absolute atomic E-state index is 11.9. The molecular formula is C17H17N3O3. The highest BCUT2D eigenvalue weighted by Crippen LogP contribution is 2.27. The summed E-state index contributed by atoms with van der Waals surface area (Å²) in [5.41, 5.74) is 2.03. The first kappa shape index (κ1) is 16.4. The van der Waals surface area contributed by atoms with Crippen molar-refractivity contribution in [3.8, 4) is 11.3 Å². The minimum Gasteiger partial charge on any atom is -0.297 e. The number of Topliss-reactive ketones (excluding diaryl/α,β-unsaturated/α-hetero) is 1. The summed E-state index contributed by atoms with van der Waals surface area (Å²) in [6.07, 6.45) is 1.75. The number of aromatic nitrogens is 2. The van der Waals surface area contributed by atoms with Gasteiger partial charge in [-0.05, 0) is 12.1 Å². The molecule has 1 aromatic carbocycles. The smallest absolute Gasteiger partial charge is 0.270 e. The van der Waals surface area contributed by atoms with E-state index in [2.05, 4.69) is 4.98 Å². The first-order valence-corrected chi connectivity index (χ1v) is 7.31. The van der Waals surface area contributed by atoms with Crippen LogP contribution < -0.4 is 0 Å². The summed E-state index contributed by atoms with van der Waals surface area (Å²) >= 11 is 0. The Morgan fingerprint density at radius 2 is 1.91 bits per heavy atom. The number of hydrogen-bond donors (Lipinski definition) is 0. The Morgan fingerprint density at radius 3 is 2.57 bits per heavy atom. The molecule has 3 rings (SSSR count). The first-order chi connectivity index (χ1) is 11.1. The van der Waals surface area contributed by atoms with Gasteiger partial charge in [0.25, 0.3) is 5.69 Å². The Hall–Kier alpha value is -3.02. The lowest BCUT2D eigenvalue weighted by atomic mass is 10.1. The summed E-state index contributed by atoms with van der Waals surface area (Å²) in [6.45, 7) is 5.46. The van der Waals surface area contributed by atoms with Gasteiger partial charge in [-0.25, -0.2) is 4.98 Å². The van der Waals surface area contributed by atoms with Gasteiger partial charge in [-0.3, -0.25) is 19.3 Å². The summed E-state index contributed by atoms with van der Waals surface area (Å²) < 4.78 is 1.69. The van der Waals surface area contributed by atoms with Crippen LogP contribution in [0.1, 0.15) is 31.3 Å². The molecule has 0 aliphatic rings. The number of hydrogen-bond acceptors (Lipinski definition) is 4. The minimum atomic E-state index is -0.466. The van der Waals surface area contributed by atoms with Crippen molar-refractivity contribution in [1.29, 1.82) is 0 Å². The topological polar surface area (TPSA) is 77.5 Å². The lowest BCUT2D eigenvalue weighted by Gasteiger charge is -2.01. The highest BCUT2D eigenvalue weighted by atomic mass is 16.6. The van der Waals surface area contributed by atoms with Crippen molar-refractivity contribution in [1.82, 2.24) is 9.38 Å². The van der Waals surface area contributed by atoms with Gasteiger partial charge in [-0.1, -0.05) is 32.0 Å². The fraction of sp³-hybridized carbons (Fsp3) is 0.176. The Balaban J connectivity index is 0.000000924. The summed E-state index contributed by atoms with van der Waals surface area (Å²) in [5, 5.41) is 10.9. The van der Waals surface area contributed by atoms with Crippen LogP contribution in [0.4, 0.5) is 5.69 Å². The van der Waals surface area contributed by atoms with Gasteiger partial charge in [-0.2, -0.15) is 0 Å². The second kappa shape index (κ2) is 6.83. The van der Waals surface area contributed by atoms with Crippen molar-refractivity contribution in [2.45, 2.75) is 20.8 Å². The van der Waals surface area contributed by atoms with Gasteiger partial charge < -0.3 is 0 Å². The summed E-state index contributed by atoms with van der Waals surface area (Å²) in [7, 11) is 0. The van der Waals surface area contributed by atoms with Crippen molar-refractivity contribution in [2.24, 2.45) is 0 Å². The molecule has 0 spiro atoms. The van der Waals surface area contributed by atoms with E-state index in [-0.39, 0.29) is 11.5 Å². The molecule has 6 heteroatoms. The number of nitro benzene ring substituents is 1. The Kier molecular flexibility index (Phi) is 4.85. The number of carbonyl (C=O) groups is 1. The van der Waals surface area contributed by atoms with Crippen molar-refractivity contribution in [3.05, 3.63) is 64.5 Å². The molecule has 0 saturated heterocycles. The zero-order valence-corrected chi connectivity index (χ0v) is 13.2. The molecule has 0 aliphatic heterocycles. The third-order valence-electron chi connectivity index (χ3n) is 3.19. The first-order valence-electron chi connectivity index (χ1n) is 7.31. The fourth-order valence-electron chi connectivity index (χ4n) is 2.30. The number of pyridine rings is 1. The normalized spacial score (nSPS) is 10.0. The van der Waals surface area contributed by atoms with Gasteiger partial charge in [0.05, 0.1) is 4.92 Å². The third-order valence-corrected chi connectivity index (χ3v) is 3.19. The minimum absolute atomic E-state index is 0.0286. The number of carbonyl (C=O) groups excluding carboxylic acids is 1. The van der Waals surface area contributed by atoms with Crippen LogP contribution in [0.25, 0.3) is 16.9 Å². The number of ketones is 1. The molecule has 118 valence electrons. The number of nitro groups is 1. The fourth-order valence-corrected chi connectivity index (χ4v) is 2.30. The zero-order chi connectivity index (χ0) is 17.0. The van der Waals surface area contributed by atoms with E-state index >= 15 is 0 Å². The summed E-state index contributed by atoms with van der Waals surface area (Å²) in [6, 6.07) is 11.5. The molecule has 2 aromatic heterocycles. The van der Waals surface area contributed by atoms with Crippen molar-refractivity contribution in [3.63, 3.8) is 0 Å². The molecule has 0 atom stereocenters. The molecular weight excluding hydrogens is 294 g/mol. The van der Waals surface area contributed by atoms with E-state index in [1.807, 2.05) is 19.9 Å². The van der Waals surface area contributed by atoms with E-state index in [9.17, 15) is 14.9 Å². The summed E-state index contributed by atoms with van der Waals surface area (Å²) in [4.78, 5) is 26.8. The molecule has 0 N–H and O–H groups in total. The SMILES string of the molecule is CC.CC(=O)c1c(-c2cccc([N+](=O)[O-])c2)nc2ccccn12. The van der Waals surface area contributed by atoms with E-state index < -0.39 is 4.92 Å². The van der Waals surface area contributed by atoms with Crippen LogP contribution in [0.15, 0.2) is 48.7 Å². The molecule has 0 saturated carbocycles. The largest absolute Gasteiger partial charge is 0.297 e. The highest BCUT2D eigenvalue weighted by molar-refractivity contribution is 5.99. The van der Waals surface area contributed by atoms with Gasteiger partial charge in [0.1, 0.15) is 17.0 Å². The second-order valence-corrected chi connectivity index (χ2v) is 4.60. The average molecular weight is 311 g/mol. The maximum Gasteiger partial charge on any atom is 0.270 e. The van der Waals surface area contributed by atoms with E-state index in [1.54, 1.807) is 34.9 Å². The van der Waals surface area contributed by atoms with E-state index in [4.69, 9.17) is 0 Å². The lowest BCUT2D eigenvalue weighted by molar-refractivity contribution is -0.384. The highest BCUT2D eigenvalue weighted by Gasteiger charge is 2.18. The van der Waals surface area contributed by atoms with E-state index in [0.717, 1.165) is 0 Å². The Morgan fingerprint density at radius 1 is 1.17 bits per heavy atom. The number of rotatable bonds is 3. The van der Waals surface area contributed by atoms with Crippen LogP contribution in [0, 0.1) is 10.1 Å². The van der Waals surface area contributed by atoms with Crippen LogP contribution in [-0.4, -0.2) is 20.1 Å². The van der Waals surface area contributed by atoms with Crippen molar-refractivity contribution >= 4 is 17.1 Å². The van der Waals surface area contributed by atoms with Gasteiger partial charge in [0, 0.05) is 30.8 Å². The predicted octanol–water partition coefficient (Wildman–Crippen LogP) is 4.14. The standard InChI is InChI=1S/C15H11N3O3.C2H6/c1-10(19)15-14(16-13-7-2-3-8-17(13)15)11-5-4-6-12(9-11)18(20)21;1-2/h2-9H,1H3;1-2H3. The Labute approximate surface area is 133 Å². The van der Waals surface area contributed by atoms with E-state index in [1.165, 1.54) is 19.1 Å². The number of nitrogens with zero attached hydrogens (tertiary/aromatic N) is 3. The van der Waals surface area contributed by atoms with Crippen LogP contribution in [-0.2, 0) is 0 Å². The number of non-ortho nitro benzene ring substituents is 1. The molecule has 23 heavy (non-hydrogen) atoms. The number of fused-ring (bicyclic) bond motifs is 1. The van der Waals surface area contributed by atoms with E-state index in [0.29, 0.717) is 22.6 Å². The Bertz CT molecular complexity index is 868. The van der Waals surface area contributed by atoms with Crippen molar-refractivity contribution < 1.29 is 9.72 Å². The molecule has 0 radical (unpaired) electrons. The molecule has 0 bridgehead atoms. The number of imidazole rings is 1. The molecule has 0 fully saturated rings. The van der Waals surface area contributed by atoms with Gasteiger partial charge in [0.2, 0.25) is 0 Å². The molecule has 2 heterocycles. The summed E-state index contributed by atoms with van der Waals surface area (Å²) in [5.74, 6) is -0.143. The number of benzene rings is 1. The molecule has 0 amide bonds. The molecule has 3 aromatic rings. The predicted molar refractivity (Wildman–Crippen MR) is 88.6 cm³/mol. The molecule has 0 unspecified atom stereocenters. The van der Waals surface area contributed by atoms with Gasteiger partial charge in [-0.15, -0.1) is 0 Å². The van der Waals surface area contributed by atoms with Gasteiger partial charge >= 0.3 is 0 Å². The zero-order valence-electron chi connectivity index (χ0n) is 13.2. The van der Waals surface area contributed by atoms with Crippen LogP contribution in [0.2, 0.25) is 0 Å². The average Bonchev–Trinajstić information content (AvgIpc) is 2.96. The lowest BCUT2D eigenvalue weighted by Crippen LogP contribution is -2.00. The quantitative estimate of drug-likeness (QED) is 0.414. The van der Waals surface area contributed by atoms with Crippen LogP contribution in [0.3, 0.4) is 0 Å². The van der Waals surface area contributed by atoms with Crippen molar-refractivity contribution in [2.75, 3.05) is 0 Å². The maximum atomic E-state index is 11.9. The third kappa shape index (κ3) is 3.11. The van der Waals surface area contributed by atoms with Crippen LogP contribution >= 0.6 is 0 Å². The second-order valence-electron chi connectivity index (χ2n) is 4.60. The van der Waals surface area contributed by atoms with Gasteiger partial charge in [0.15, 0.2) is 5.78 Å². The molecule has 0 aliphatic carbocycles.